The summed E-state index contributed by atoms with van der Waals surface area (Å²) in [5, 5.41) is 23.1. The summed E-state index contributed by atoms with van der Waals surface area (Å²) in [6.07, 6.45) is 8.07. The Labute approximate surface area is 248 Å². The normalized spacial score (nSPS) is 16.7. The number of aromatic nitrogens is 4. The van der Waals surface area contributed by atoms with Gasteiger partial charge < -0.3 is 19.7 Å². The van der Waals surface area contributed by atoms with E-state index < -0.39 is 6.10 Å². The van der Waals surface area contributed by atoms with Crippen molar-refractivity contribution < 1.29 is 9.47 Å². The molecule has 212 valence electrons. The van der Waals surface area contributed by atoms with Gasteiger partial charge in [-0.15, -0.1) is 0 Å². The van der Waals surface area contributed by atoms with Crippen molar-refractivity contribution in [3.05, 3.63) is 58.0 Å². The van der Waals surface area contributed by atoms with Crippen molar-refractivity contribution in [2.75, 3.05) is 31.6 Å². The number of halogens is 2. The molecule has 11 heteroatoms. The van der Waals surface area contributed by atoms with Gasteiger partial charge in [-0.25, -0.2) is 4.98 Å². The van der Waals surface area contributed by atoms with Gasteiger partial charge in [0.25, 0.3) is 0 Å². The first kappa shape index (κ1) is 27.6. The van der Waals surface area contributed by atoms with E-state index in [9.17, 15) is 5.26 Å². The molecule has 6 rings (SSSR count). The highest BCUT2D eigenvalue weighted by Crippen LogP contribution is 2.41. The molecule has 2 N–H and O–H groups in total. The van der Waals surface area contributed by atoms with Crippen LogP contribution in [0.4, 0.5) is 5.82 Å². The van der Waals surface area contributed by atoms with Gasteiger partial charge >= 0.3 is 0 Å². The van der Waals surface area contributed by atoms with E-state index in [0.717, 1.165) is 48.4 Å². The molecule has 41 heavy (non-hydrogen) atoms. The number of anilines is 1. The quantitative estimate of drug-likeness (QED) is 0.220. The van der Waals surface area contributed by atoms with Crippen molar-refractivity contribution in [1.82, 2.24) is 25.5 Å². The van der Waals surface area contributed by atoms with E-state index in [4.69, 9.17) is 37.7 Å². The summed E-state index contributed by atoms with van der Waals surface area (Å²) in [6.45, 7) is 6.83. The number of fused-ring (bicyclic) bond motifs is 1. The molecule has 1 aliphatic carbocycles. The molecule has 4 heterocycles. The van der Waals surface area contributed by atoms with Crippen LogP contribution in [0.15, 0.2) is 36.8 Å². The predicted octanol–water partition coefficient (Wildman–Crippen LogP) is 6.32. The molecule has 1 aromatic carbocycles. The molecule has 0 amide bonds. The third-order valence-corrected chi connectivity index (χ3v) is 8.74. The molecule has 1 atom stereocenters. The van der Waals surface area contributed by atoms with Crippen LogP contribution in [-0.2, 0) is 0 Å². The number of benzene rings is 1. The summed E-state index contributed by atoms with van der Waals surface area (Å²) < 4.78 is 11.9. The molecule has 4 aromatic rings. The zero-order valence-electron chi connectivity index (χ0n) is 23.2. The second-order valence-electron chi connectivity index (χ2n) is 10.9. The van der Waals surface area contributed by atoms with Gasteiger partial charge in [0.15, 0.2) is 11.5 Å². The maximum atomic E-state index is 10.0. The van der Waals surface area contributed by atoms with E-state index in [2.05, 4.69) is 38.4 Å². The fourth-order valence-electron chi connectivity index (χ4n) is 5.45. The second-order valence-corrected chi connectivity index (χ2v) is 11.7. The average molecular weight is 593 g/mol. The lowest BCUT2D eigenvalue weighted by Gasteiger charge is -2.51. The van der Waals surface area contributed by atoms with Crippen LogP contribution in [0, 0.1) is 17.2 Å². The Kier molecular flexibility index (Phi) is 7.41. The number of methoxy groups -OCH3 is 1. The van der Waals surface area contributed by atoms with Crippen molar-refractivity contribution in [1.29, 1.82) is 5.26 Å². The maximum absolute atomic E-state index is 10.0. The molecule has 0 unspecified atom stereocenters. The van der Waals surface area contributed by atoms with Crippen LogP contribution >= 0.6 is 23.2 Å². The Hall–Kier alpha value is -3.58. The molecule has 1 saturated heterocycles. The highest BCUT2D eigenvalue weighted by molar-refractivity contribution is 6.35. The fourth-order valence-corrected chi connectivity index (χ4v) is 6.13. The summed E-state index contributed by atoms with van der Waals surface area (Å²) >= 11 is 12.7. The number of H-pyrrole nitrogens is 1. The van der Waals surface area contributed by atoms with Gasteiger partial charge in [-0.3, -0.25) is 10.1 Å². The number of nitriles is 1. The summed E-state index contributed by atoms with van der Waals surface area (Å²) in [6, 6.07) is 7.89. The van der Waals surface area contributed by atoms with Crippen LogP contribution in [-0.4, -0.2) is 52.4 Å². The lowest BCUT2D eigenvalue weighted by molar-refractivity contribution is 0.216. The van der Waals surface area contributed by atoms with Crippen LogP contribution < -0.4 is 19.7 Å². The van der Waals surface area contributed by atoms with Crippen LogP contribution in [0.3, 0.4) is 0 Å². The number of hydrogen-bond donors (Lipinski definition) is 2. The standard InChI is InChI=1S/C30H31Cl2N7O2/c1-4-30(36-11-18-5-6-18)15-39(16-30)29-19(10-33)7-20(12-35-29)28-21-8-26(25(40-3)9-24(21)37-38-28)41-17(2)27-22(31)13-34-14-23(27)32/h7-9,12-14,17-18,36H,4-6,11,15-16H2,1-3H3,(H,37,38)/t17-/m1/s1. The first-order valence-corrected chi connectivity index (χ1v) is 14.5. The monoisotopic (exact) mass is 591 g/mol. The van der Waals surface area contributed by atoms with Gasteiger partial charge in [0.05, 0.1) is 33.8 Å². The zero-order chi connectivity index (χ0) is 28.7. The van der Waals surface area contributed by atoms with Crippen LogP contribution in [0.1, 0.15) is 50.3 Å². The van der Waals surface area contributed by atoms with Crippen molar-refractivity contribution in [3.63, 3.8) is 0 Å². The third-order valence-electron chi connectivity index (χ3n) is 8.13. The number of pyridine rings is 2. The molecule has 2 aliphatic rings. The smallest absolute Gasteiger partial charge is 0.162 e. The predicted molar refractivity (Wildman–Crippen MR) is 160 cm³/mol. The Morgan fingerprint density at radius 3 is 2.59 bits per heavy atom. The largest absolute Gasteiger partial charge is 0.493 e. The number of nitrogens with zero attached hydrogens (tertiary/aromatic N) is 5. The van der Waals surface area contributed by atoms with Gasteiger partial charge in [-0.05, 0) is 50.8 Å². The SMILES string of the molecule is CCC1(NCC2CC2)CN(c2ncc(-c3n[nH]c4cc(OC)c(O[C@H](C)c5c(Cl)cncc5Cl)cc34)cc2C#N)C1. The van der Waals surface area contributed by atoms with Crippen LogP contribution in [0.5, 0.6) is 11.5 Å². The van der Waals surface area contributed by atoms with E-state index in [1.807, 2.05) is 25.1 Å². The Bertz CT molecular complexity index is 1620. The minimum absolute atomic E-state index is 0.0887. The first-order valence-electron chi connectivity index (χ1n) is 13.8. The lowest BCUT2D eigenvalue weighted by Crippen LogP contribution is -2.69. The van der Waals surface area contributed by atoms with E-state index in [1.54, 1.807) is 13.3 Å². The molecule has 0 bridgehead atoms. The van der Waals surface area contributed by atoms with E-state index >= 15 is 0 Å². The van der Waals surface area contributed by atoms with Gasteiger partial charge in [-0.1, -0.05) is 30.1 Å². The molecule has 3 aromatic heterocycles. The molecule has 0 radical (unpaired) electrons. The zero-order valence-corrected chi connectivity index (χ0v) is 24.7. The lowest BCUT2D eigenvalue weighted by atomic mass is 9.86. The second kappa shape index (κ2) is 11.0. The average Bonchev–Trinajstić information content (AvgIpc) is 3.69. The van der Waals surface area contributed by atoms with Crippen molar-refractivity contribution in [2.24, 2.45) is 5.92 Å². The molecular formula is C30H31Cl2N7O2. The molecule has 1 aliphatic heterocycles. The van der Waals surface area contributed by atoms with Crippen LogP contribution in [0.2, 0.25) is 10.0 Å². The topological polar surface area (TPSA) is 112 Å². The van der Waals surface area contributed by atoms with E-state index in [0.29, 0.717) is 44.2 Å². The number of aromatic amines is 1. The Morgan fingerprint density at radius 1 is 1.17 bits per heavy atom. The number of ether oxygens (including phenoxy) is 2. The minimum atomic E-state index is -0.476. The summed E-state index contributed by atoms with van der Waals surface area (Å²) in [4.78, 5) is 10.9. The fraction of sp³-hybridized carbons (Fsp3) is 0.400. The van der Waals surface area contributed by atoms with Gasteiger partial charge in [0.2, 0.25) is 0 Å². The maximum Gasteiger partial charge on any atom is 0.162 e. The van der Waals surface area contributed by atoms with E-state index in [-0.39, 0.29) is 5.54 Å². The highest BCUT2D eigenvalue weighted by Gasteiger charge is 2.43. The molecule has 1 saturated carbocycles. The van der Waals surface area contributed by atoms with Gasteiger partial charge in [0, 0.05) is 54.3 Å². The van der Waals surface area contributed by atoms with Crippen molar-refractivity contribution >= 4 is 39.9 Å². The van der Waals surface area contributed by atoms with Crippen LogP contribution in [0.25, 0.3) is 22.2 Å². The third kappa shape index (κ3) is 5.28. The Balaban J connectivity index is 1.28. The molecule has 9 nitrogen and oxygen atoms in total. The van der Waals surface area contributed by atoms with Gasteiger partial charge in [0.1, 0.15) is 23.7 Å². The first-order chi connectivity index (χ1) is 19.8. The summed E-state index contributed by atoms with van der Waals surface area (Å²) in [5.41, 5.74) is 3.40. The highest BCUT2D eigenvalue weighted by atomic mass is 35.5. The van der Waals surface area contributed by atoms with Gasteiger partial charge in [-0.2, -0.15) is 10.4 Å². The molecule has 2 fully saturated rings. The number of hydrogen-bond acceptors (Lipinski definition) is 8. The molecule has 0 spiro atoms. The summed E-state index contributed by atoms with van der Waals surface area (Å²) in [5.74, 6) is 2.56. The molecular weight excluding hydrogens is 561 g/mol. The van der Waals surface area contributed by atoms with Crippen molar-refractivity contribution in [2.45, 2.75) is 44.8 Å². The minimum Gasteiger partial charge on any atom is -0.493 e. The number of rotatable bonds is 10. The van der Waals surface area contributed by atoms with Crippen molar-refractivity contribution in [3.8, 4) is 28.8 Å². The van der Waals surface area contributed by atoms with E-state index in [1.165, 1.54) is 25.2 Å². The summed E-state index contributed by atoms with van der Waals surface area (Å²) in [7, 11) is 1.58. The Morgan fingerprint density at radius 2 is 1.93 bits per heavy atom. The number of nitrogens with one attached hydrogen (secondary N) is 2.